The van der Waals surface area contributed by atoms with Gasteiger partial charge in [0.15, 0.2) is 5.15 Å². The summed E-state index contributed by atoms with van der Waals surface area (Å²) in [5, 5.41) is 4.09. The molecule has 0 aliphatic heterocycles. The van der Waals surface area contributed by atoms with Crippen LogP contribution in [0.4, 0.5) is 5.69 Å². The van der Waals surface area contributed by atoms with E-state index in [0.29, 0.717) is 5.69 Å². The molecule has 21 heavy (non-hydrogen) atoms. The highest BCUT2D eigenvalue weighted by molar-refractivity contribution is 9.10. The molecule has 6 heteroatoms. The number of fused-ring (bicyclic) bond motifs is 1. The predicted molar refractivity (Wildman–Crippen MR) is 87.6 cm³/mol. The Labute approximate surface area is 134 Å². The fourth-order valence-electron chi connectivity index (χ4n) is 2.16. The topological polar surface area (TPSA) is 57.8 Å². The molecule has 2 aromatic heterocycles. The van der Waals surface area contributed by atoms with E-state index in [4.69, 9.17) is 11.6 Å². The number of carbonyl (C=O) groups is 1. The monoisotopic (exact) mass is 363 g/mol. The lowest BCUT2D eigenvalue weighted by atomic mass is 10.1. The molecule has 3 rings (SSSR count). The Bertz CT molecular complexity index is 816. The number of nitrogens with zero attached hydrogens (tertiary/aromatic N) is 1. The Morgan fingerprint density at radius 1 is 1.38 bits per heavy atom. The summed E-state index contributed by atoms with van der Waals surface area (Å²) < 4.78 is 0.759. The summed E-state index contributed by atoms with van der Waals surface area (Å²) in [4.78, 5) is 19.3. The third kappa shape index (κ3) is 3.09. The van der Waals surface area contributed by atoms with E-state index in [1.54, 1.807) is 12.3 Å². The zero-order valence-corrected chi connectivity index (χ0v) is 13.2. The minimum atomic E-state index is -0.137. The maximum Gasteiger partial charge on any atom is 0.228 e. The lowest BCUT2D eigenvalue weighted by Crippen LogP contribution is -2.14. The van der Waals surface area contributed by atoms with Crippen molar-refractivity contribution in [3.63, 3.8) is 0 Å². The molecule has 0 fully saturated rings. The van der Waals surface area contributed by atoms with Crippen LogP contribution in [0.3, 0.4) is 0 Å². The number of H-pyrrole nitrogens is 1. The molecule has 0 radical (unpaired) electrons. The van der Waals surface area contributed by atoms with Gasteiger partial charge >= 0.3 is 0 Å². The largest absolute Gasteiger partial charge is 0.361 e. The van der Waals surface area contributed by atoms with E-state index in [-0.39, 0.29) is 17.5 Å². The van der Waals surface area contributed by atoms with Crippen LogP contribution in [0.15, 0.2) is 47.2 Å². The van der Waals surface area contributed by atoms with Crippen molar-refractivity contribution in [3.05, 3.63) is 57.9 Å². The Morgan fingerprint density at radius 2 is 2.19 bits per heavy atom. The molecule has 0 saturated heterocycles. The highest BCUT2D eigenvalue weighted by Gasteiger charge is 2.11. The first kappa shape index (κ1) is 14.1. The first-order valence-electron chi connectivity index (χ1n) is 6.29. The van der Waals surface area contributed by atoms with Gasteiger partial charge in [0.2, 0.25) is 5.91 Å². The van der Waals surface area contributed by atoms with E-state index in [1.807, 2.05) is 30.5 Å². The van der Waals surface area contributed by atoms with Gasteiger partial charge in [-0.25, -0.2) is 4.98 Å². The maximum atomic E-state index is 12.2. The molecule has 0 aliphatic rings. The summed E-state index contributed by atoms with van der Waals surface area (Å²) in [6.45, 7) is 0. The van der Waals surface area contributed by atoms with Gasteiger partial charge in [-0.2, -0.15) is 0 Å². The SMILES string of the molecule is O=C(Cc1c[nH]c2ccccc12)Nc1cc(Br)cnc1Cl. The van der Waals surface area contributed by atoms with Gasteiger partial charge in [-0.1, -0.05) is 29.8 Å². The normalized spacial score (nSPS) is 10.8. The van der Waals surface area contributed by atoms with Gasteiger partial charge in [0.25, 0.3) is 0 Å². The van der Waals surface area contributed by atoms with Crippen molar-refractivity contribution < 1.29 is 4.79 Å². The smallest absolute Gasteiger partial charge is 0.228 e. The summed E-state index contributed by atoms with van der Waals surface area (Å²) in [6.07, 6.45) is 3.70. The minimum Gasteiger partial charge on any atom is -0.361 e. The molecule has 2 N–H and O–H groups in total. The molecule has 1 aromatic carbocycles. The van der Waals surface area contributed by atoms with Crippen molar-refractivity contribution in [2.24, 2.45) is 0 Å². The zero-order chi connectivity index (χ0) is 14.8. The molecule has 0 saturated carbocycles. The molecule has 2 heterocycles. The molecule has 0 aliphatic carbocycles. The van der Waals surface area contributed by atoms with Crippen LogP contribution in [-0.4, -0.2) is 15.9 Å². The average Bonchev–Trinajstić information content (AvgIpc) is 2.86. The van der Waals surface area contributed by atoms with E-state index in [1.165, 1.54) is 0 Å². The second-order valence-corrected chi connectivity index (χ2v) is 5.85. The summed E-state index contributed by atoms with van der Waals surface area (Å²) in [5.41, 5.74) is 2.46. The predicted octanol–water partition coefficient (Wildman–Crippen LogP) is 4.16. The summed E-state index contributed by atoms with van der Waals surface area (Å²) in [7, 11) is 0. The number of aromatic amines is 1. The van der Waals surface area contributed by atoms with E-state index in [9.17, 15) is 4.79 Å². The van der Waals surface area contributed by atoms with Crippen LogP contribution in [-0.2, 0) is 11.2 Å². The van der Waals surface area contributed by atoms with Crippen molar-refractivity contribution in [1.29, 1.82) is 0 Å². The van der Waals surface area contributed by atoms with Crippen LogP contribution >= 0.6 is 27.5 Å². The van der Waals surface area contributed by atoms with E-state index < -0.39 is 0 Å². The van der Waals surface area contributed by atoms with Crippen molar-refractivity contribution in [2.45, 2.75) is 6.42 Å². The fourth-order valence-corrected chi connectivity index (χ4v) is 2.64. The molecule has 4 nitrogen and oxygen atoms in total. The van der Waals surface area contributed by atoms with Crippen molar-refractivity contribution >= 4 is 50.0 Å². The number of hydrogen-bond acceptors (Lipinski definition) is 2. The Balaban J connectivity index is 1.79. The second-order valence-electron chi connectivity index (χ2n) is 4.58. The van der Waals surface area contributed by atoms with Crippen LogP contribution in [0.2, 0.25) is 5.15 Å². The number of hydrogen-bond donors (Lipinski definition) is 2. The highest BCUT2D eigenvalue weighted by Crippen LogP contribution is 2.24. The van der Waals surface area contributed by atoms with E-state index >= 15 is 0 Å². The number of nitrogens with one attached hydrogen (secondary N) is 2. The van der Waals surface area contributed by atoms with Gasteiger partial charge in [0.1, 0.15) is 0 Å². The fraction of sp³-hybridized carbons (Fsp3) is 0.0667. The van der Waals surface area contributed by atoms with Gasteiger partial charge in [-0.3, -0.25) is 4.79 Å². The van der Waals surface area contributed by atoms with Gasteiger partial charge < -0.3 is 10.3 Å². The third-order valence-corrected chi connectivity index (χ3v) is 3.84. The van der Waals surface area contributed by atoms with Gasteiger partial charge in [-0.05, 0) is 33.6 Å². The Kier molecular flexibility index (Phi) is 3.94. The van der Waals surface area contributed by atoms with E-state index in [0.717, 1.165) is 20.9 Å². The number of benzene rings is 1. The lowest BCUT2D eigenvalue weighted by Gasteiger charge is -2.06. The van der Waals surface area contributed by atoms with Crippen molar-refractivity contribution in [2.75, 3.05) is 5.32 Å². The number of pyridine rings is 1. The minimum absolute atomic E-state index is 0.137. The van der Waals surface area contributed by atoms with Crippen molar-refractivity contribution in [3.8, 4) is 0 Å². The van der Waals surface area contributed by atoms with Crippen LogP contribution in [0.25, 0.3) is 10.9 Å². The Morgan fingerprint density at radius 3 is 3.05 bits per heavy atom. The second kappa shape index (κ2) is 5.87. The summed E-state index contributed by atoms with van der Waals surface area (Å²) >= 11 is 9.27. The third-order valence-electron chi connectivity index (χ3n) is 3.11. The molecule has 106 valence electrons. The number of carbonyl (C=O) groups excluding carboxylic acids is 1. The average molecular weight is 365 g/mol. The van der Waals surface area contributed by atoms with Crippen LogP contribution in [0.5, 0.6) is 0 Å². The number of rotatable bonds is 3. The molecule has 0 bridgehead atoms. The number of amides is 1. The number of anilines is 1. The van der Waals surface area contributed by atoms with E-state index in [2.05, 4.69) is 31.2 Å². The molecule has 1 amide bonds. The quantitative estimate of drug-likeness (QED) is 0.686. The van der Waals surface area contributed by atoms with Crippen LogP contribution in [0, 0.1) is 0 Å². The number of aromatic nitrogens is 2. The van der Waals surface area contributed by atoms with Gasteiger partial charge in [-0.15, -0.1) is 0 Å². The maximum absolute atomic E-state index is 12.2. The molecular formula is C15H11BrClN3O. The first-order valence-corrected chi connectivity index (χ1v) is 7.46. The summed E-state index contributed by atoms with van der Waals surface area (Å²) in [5.74, 6) is -0.137. The van der Waals surface area contributed by atoms with Gasteiger partial charge in [0.05, 0.1) is 12.1 Å². The molecule has 3 aromatic rings. The standard InChI is InChI=1S/C15H11BrClN3O/c16-10-6-13(15(17)19-8-10)20-14(21)5-9-7-18-12-4-2-1-3-11(9)12/h1-4,6-8,18H,5H2,(H,20,21). The first-order chi connectivity index (χ1) is 10.1. The number of halogens is 2. The number of para-hydroxylation sites is 1. The zero-order valence-electron chi connectivity index (χ0n) is 10.9. The Hall–Kier alpha value is -1.85. The highest BCUT2D eigenvalue weighted by atomic mass is 79.9. The lowest BCUT2D eigenvalue weighted by molar-refractivity contribution is -0.115. The molecule has 0 spiro atoms. The van der Waals surface area contributed by atoms with Crippen molar-refractivity contribution in [1.82, 2.24) is 9.97 Å². The van der Waals surface area contributed by atoms with Crippen LogP contribution < -0.4 is 5.32 Å². The summed E-state index contributed by atoms with van der Waals surface area (Å²) in [6, 6.07) is 9.60. The van der Waals surface area contributed by atoms with Crippen LogP contribution in [0.1, 0.15) is 5.56 Å². The van der Waals surface area contributed by atoms with Gasteiger partial charge in [0, 0.05) is 27.8 Å². The molecular weight excluding hydrogens is 354 g/mol. The molecule has 0 unspecified atom stereocenters. The molecule has 0 atom stereocenters.